The number of hydrogen-bond donors (Lipinski definition) is 2. The van der Waals surface area contributed by atoms with E-state index in [9.17, 15) is 14.4 Å². The van der Waals surface area contributed by atoms with Crippen molar-refractivity contribution in [3.63, 3.8) is 0 Å². The molecule has 1 spiro atoms. The number of imide groups is 2. The lowest BCUT2D eigenvalue weighted by Gasteiger charge is -2.55. The monoisotopic (exact) mass is 466 g/mol. The molecule has 5 heterocycles. The Balaban J connectivity index is 1.61. The molecule has 3 aromatic rings. The van der Waals surface area contributed by atoms with Crippen LogP contribution in [-0.2, 0) is 20.7 Å². The molecule has 2 saturated heterocycles. The number of anilines is 1. The number of amides is 4. The first kappa shape index (κ1) is 20.7. The minimum atomic E-state index is -1.70. The molecule has 2 fully saturated rings. The van der Waals surface area contributed by atoms with E-state index in [0.29, 0.717) is 16.6 Å². The van der Waals surface area contributed by atoms with Crippen molar-refractivity contribution < 1.29 is 28.0 Å². The predicted octanol–water partition coefficient (Wildman–Crippen LogP) is 1.31. The molecule has 3 unspecified atom stereocenters. The van der Waals surface area contributed by atoms with Crippen LogP contribution in [0.15, 0.2) is 28.9 Å². The van der Waals surface area contributed by atoms with Crippen LogP contribution in [0.4, 0.5) is 14.9 Å². The van der Waals surface area contributed by atoms with Gasteiger partial charge in [-0.2, -0.15) is 5.10 Å². The Labute approximate surface area is 191 Å². The van der Waals surface area contributed by atoms with Crippen LogP contribution in [-0.4, -0.2) is 58.0 Å². The van der Waals surface area contributed by atoms with Gasteiger partial charge in [0.2, 0.25) is 17.4 Å². The fourth-order valence-electron chi connectivity index (χ4n) is 5.56. The number of carbonyl (C=O) groups is 3. The molecule has 3 aliphatic heterocycles. The maximum absolute atomic E-state index is 16.0. The van der Waals surface area contributed by atoms with E-state index >= 15 is 4.39 Å². The molecule has 2 N–H and O–H groups in total. The van der Waals surface area contributed by atoms with Crippen molar-refractivity contribution in [1.82, 2.24) is 26.0 Å². The Hall–Kier alpha value is -3.93. The second-order valence-corrected chi connectivity index (χ2v) is 8.85. The molecule has 0 saturated carbocycles. The number of aromatic nitrogens is 3. The van der Waals surface area contributed by atoms with Crippen LogP contribution in [0.3, 0.4) is 0 Å². The lowest BCUT2D eigenvalue weighted by molar-refractivity contribution is -0.153. The van der Waals surface area contributed by atoms with Gasteiger partial charge in [-0.05, 0) is 37.6 Å². The average Bonchev–Trinajstić information content (AvgIpc) is 3.21. The van der Waals surface area contributed by atoms with Crippen LogP contribution < -0.4 is 15.5 Å². The summed E-state index contributed by atoms with van der Waals surface area (Å²) in [6.07, 6.45) is 0.446. The molecule has 2 aromatic heterocycles. The van der Waals surface area contributed by atoms with Crippen molar-refractivity contribution in [2.24, 2.45) is 5.41 Å². The Morgan fingerprint density at radius 2 is 1.97 bits per heavy atom. The van der Waals surface area contributed by atoms with Gasteiger partial charge < -0.3 is 14.2 Å². The third-order valence-corrected chi connectivity index (χ3v) is 6.78. The van der Waals surface area contributed by atoms with Gasteiger partial charge >= 0.3 is 6.03 Å². The number of halogens is 1. The minimum absolute atomic E-state index is 0.0615. The molecule has 4 amide bonds. The molecule has 3 atom stereocenters. The number of nitrogens with one attached hydrogen (secondary N) is 2. The van der Waals surface area contributed by atoms with Crippen LogP contribution in [0.1, 0.15) is 19.4 Å². The molecule has 174 valence electrons. The van der Waals surface area contributed by atoms with E-state index in [2.05, 4.69) is 26.0 Å². The first-order valence-electron chi connectivity index (χ1n) is 10.8. The molecule has 3 aliphatic rings. The van der Waals surface area contributed by atoms with Crippen molar-refractivity contribution in [3.8, 4) is 11.4 Å². The molecule has 12 heteroatoms. The minimum Gasteiger partial charge on any atom is -0.372 e. The summed E-state index contributed by atoms with van der Waals surface area (Å²) in [4.78, 5) is 40.0. The summed E-state index contributed by atoms with van der Waals surface area (Å²) in [5.74, 6) is -2.14. The van der Waals surface area contributed by atoms with Crippen molar-refractivity contribution in [2.75, 3.05) is 11.4 Å². The number of urea groups is 1. The zero-order valence-electron chi connectivity index (χ0n) is 18.2. The summed E-state index contributed by atoms with van der Waals surface area (Å²) in [7, 11) is 0. The zero-order valence-corrected chi connectivity index (χ0v) is 18.2. The van der Waals surface area contributed by atoms with Crippen LogP contribution in [0.2, 0.25) is 0 Å². The lowest BCUT2D eigenvalue weighted by Crippen LogP contribution is -2.75. The van der Waals surface area contributed by atoms with E-state index in [1.165, 1.54) is 6.20 Å². The molecule has 0 aliphatic carbocycles. The van der Waals surface area contributed by atoms with E-state index in [1.807, 2.05) is 6.92 Å². The largest absolute Gasteiger partial charge is 0.372 e. The summed E-state index contributed by atoms with van der Waals surface area (Å²) >= 11 is 0. The topological polar surface area (TPSA) is 140 Å². The Bertz CT molecular complexity index is 1360. The average molecular weight is 466 g/mol. The van der Waals surface area contributed by atoms with Crippen molar-refractivity contribution in [3.05, 3.63) is 35.8 Å². The van der Waals surface area contributed by atoms with Gasteiger partial charge in [0.05, 0.1) is 29.3 Å². The molecular formula is C22H19FN6O5. The number of ether oxygens (including phenoxy) is 1. The summed E-state index contributed by atoms with van der Waals surface area (Å²) in [5.41, 5.74) is -0.452. The van der Waals surface area contributed by atoms with E-state index in [0.717, 1.165) is 0 Å². The highest BCUT2D eigenvalue weighted by molar-refractivity contribution is 6.20. The number of benzene rings is 1. The van der Waals surface area contributed by atoms with Gasteiger partial charge in [0.15, 0.2) is 11.2 Å². The van der Waals surface area contributed by atoms with E-state index < -0.39 is 41.2 Å². The number of morpholine rings is 1. The van der Waals surface area contributed by atoms with E-state index in [4.69, 9.17) is 9.26 Å². The quantitative estimate of drug-likeness (QED) is 0.508. The van der Waals surface area contributed by atoms with E-state index in [-0.39, 0.29) is 36.0 Å². The Morgan fingerprint density at radius 1 is 1.21 bits per heavy atom. The molecule has 1 aromatic carbocycles. The second kappa shape index (κ2) is 7.03. The Kier molecular flexibility index (Phi) is 4.27. The zero-order chi connectivity index (χ0) is 23.8. The Morgan fingerprint density at radius 3 is 2.68 bits per heavy atom. The van der Waals surface area contributed by atoms with Gasteiger partial charge in [-0.25, -0.2) is 9.18 Å². The number of barbiturate groups is 1. The van der Waals surface area contributed by atoms with Gasteiger partial charge in [0.25, 0.3) is 0 Å². The number of rotatable bonds is 1. The maximum atomic E-state index is 16.0. The third-order valence-electron chi connectivity index (χ3n) is 6.78. The van der Waals surface area contributed by atoms with Gasteiger partial charge in [-0.1, -0.05) is 5.16 Å². The first-order chi connectivity index (χ1) is 16.3. The summed E-state index contributed by atoms with van der Waals surface area (Å²) in [6, 6.07) is 3.26. The first-order valence-corrected chi connectivity index (χ1v) is 10.8. The fourth-order valence-corrected chi connectivity index (χ4v) is 5.56. The SMILES string of the molecule is CC1CN2c3c(cc4c(-c5cccnn5)noc4c3F)CC3(C(=O)NC(=O)NC3=O)C2C(C)O1. The molecular weight excluding hydrogens is 447 g/mol. The summed E-state index contributed by atoms with van der Waals surface area (Å²) < 4.78 is 27.3. The number of nitrogens with zero attached hydrogens (tertiary/aromatic N) is 4. The highest BCUT2D eigenvalue weighted by Gasteiger charge is 2.63. The van der Waals surface area contributed by atoms with Crippen molar-refractivity contribution in [1.29, 1.82) is 0 Å². The number of carbonyl (C=O) groups excluding carboxylic acids is 3. The molecule has 0 bridgehead atoms. The van der Waals surface area contributed by atoms with Crippen LogP contribution >= 0.6 is 0 Å². The van der Waals surface area contributed by atoms with Crippen molar-refractivity contribution in [2.45, 2.75) is 38.5 Å². The summed E-state index contributed by atoms with van der Waals surface area (Å²) in [5, 5.41) is 16.6. The third kappa shape index (κ3) is 2.65. The standard InChI is InChI=1S/C22H19FN6O5/c1-9-8-29-16-11(6-12-15(13-4-3-5-24-27-13)28-34-17(12)14(16)23)7-22(18(29)10(2)33-9)19(30)25-21(32)26-20(22)31/h3-6,9-10,18H,7-8H2,1-2H3,(H2,25,26,30,31,32). The smallest absolute Gasteiger partial charge is 0.328 e. The second-order valence-electron chi connectivity index (χ2n) is 8.85. The van der Waals surface area contributed by atoms with E-state index in [1.54, 1.807) is 30.0 Å². The van der Waals surface area contributed by atoms with Gasteiger partial charge in [-0.3, -0.25) is 20.2 Å². The summed E-state index contributed by atoms with van der Waals surface area (Å²) in [6.45, 7) is 3.79. The highest BCUT2D eigenvalue weighted by Crippen LogP contribution is 2.49. The lowest BCUT2D eigenvalue weighted by atomic mass is 9.66. The van der Waals surface area contributed by atoms with Crippen molar-refractivity contribution >= 4 is 34.5 Å². The van der Waals surface area contributed by atoms with Crippen LogP contribution in [0.5, 0.6) is 0 Å². The molecule has 6 rings (SSSR count). The molecule has 11 nitrogen and oxygen atoms in total. The number of fused-ring (bicyclic) bond motifs is 5. The molecule has 34 heavy (non-hydrogen) atoms. The van der Waals surface area contributed by atoms with Crippen LogP contribution in [0, 0.1) is 11.2 Å². The molecule has 0 radical (unpaired) electrons. The maximum Gasteiger partial charge on any atom is 0.328 e. The van der Waals surface area contributed by atoms with Gasteiger partial charge in [0, 0.05) is 19.2 Å². The van der Waals surface area contributed by atoms with Gasteiger partial charge in [-0.15, -0.1) is 5.10 Å². The van der Waals surface area contributed by atoms with Gasteiger partial charge in [0.1, 0.15) is 11.4 Å². The highest BCUT2D eigenvalue weighted by atomic mass is 19.1. The predicted molar refractivity (Wildman–Crippen MR) is 114 cm³/mol. The fraction of sp³-hybridized carbons (Fsp3) is 0.364. The number of hydrogen-bond acceptors (Lipinski definition) is 9. The van der Waals surface area contributed by atoms with Crippen LogP contribution in [0.25, 0.3) is 22.4 Å². The normalized spacial score (nSPS) is 25.7.